The Labute approximate surface area is 122 Å². The summed E-state index contributed by atoms with van der Waals surface area (Å²) in [6.07, 6.45) is 9.22. The topological polar surface area (TPSA) is 20.3 Å². The highest BCUT2D eigenvalue weighted by Crippen LogP contribution is 2.32. The molecule has 3 rings (SSSR count). The number of aryl methyl sites for hydroxylation is 1. The molecule has 0 aromatic heterocycles. The van der Waals surface area contributed by atoms with Crippen molar-refractivity contribution in [2.75, 3.05) is 0 Å². The number of nitrogens with zero attached hydrogens (tertiary/aromatic N) is 1. The van der Waals surface area contributed by atoms with Gasteiger partial charge in [-0.15, -0.1) is 0 Å². The van der Waals surface area contributed by atoms with Crippen LogP contribution in [0.15, 0.2) is 40.9 Å². The maximum Gasteiger partial charge on any atom is 0.223 e. The van der Waals surface area contributed by atoms with E-state index in [4.69, 9.17) is 0 Å². The molecule has 0 saturated carbocycles. The van der Waals surface area contributed by atoms with E-state index in [2.05, 4.69) is 39.0 Å². The molecule has 19 heavy (non-hydrogen) atoms. The SMILES string of the molecule is O=C(CCc1ccccc1Br)N1C2C=CCC1CC2. The van der Waals surface area contributed by atoms with E-state index in [1.165, 1.54) is 12.0 Å². The summed E-state index contributed by atoms with van der Waals surface area (Å²) in [6.45, 7) is 0. The maximum atomic E-state index is 12.4. The van der Waals surface area contributed by atoms with Gasteiger partial charge in [0.1, 0.15) is 0 Å². The molecule has 2 bridgehead atoms. The molecule has 2 unspecified atom stereocenters. The lowest BCUT2D eigenvalue weighted by molar-refractivity contribution is -0.133. The zero-order valence-electron chi connectivity index (χ0n) is 10.9. The minimum atomic E-state index is 0.313. The molecular formula is C16H18BrNO. The molecular weight excluding hydrogens is 302 g/mol. The van der Waals surface area contributed by atoms with E-state index in [9.17, 15) is 4.79 Å². The molecule has 2 nitrogen and oxygen atoms in total. The highest BCUT2D eigenvalue weighted by molar-refractivity contribution is 9.10. The lowest BCUT2D eigenvalue weighted by atomic mass is 10.1. The molecule has 2 atom stereocenters. The normalized spacial score (nSPS) is 24.8. The number of hydrogen-bond acceptors (Lipinski definition) is 1. The van der Waals surface area contributed by atoms with E-state index in [0.717, 1.165) is 23.7 Å². The quantitative estimate of drug-likeness (QED) is 0.778. The summed E-state index contributed by atoms with van der Waals surface area (Å²) >= 11 is 3.54. The van der Waals surface area contributed by atoms with Crippen LogP contribution in [0.25, 0.3) is 0 Å². The van der Waals surface area contributed by atoms with Gasteiger partial charge in [-0.1, -0.05) is 46.3 Å². The summed E-state index contributed by atoms with van der Waals surface area (Å²) in [5.74, 6) is 0.313. The van der Waals surface area contributed by atoms with E-state index >= 15 is 0 Å². The number of halogens is 1. The van der Waals surface area contributed by atoms with Gasteiger partial charge in [0.05, 0.1) is 6.04 Å². The molecule has 0 radical (unpaired) electrons. The zero-order chi connectivity index (χ0) is 13.2. The summed E-state index contributed by atoms with van der Waals surface area (Å²) < 4.78 is 1.10. The van der Waals surface area contributed by atoms with Gasteiger partial charge in [0.25, 0.3) is 0 Å². The molecule has 2 aliphatic heterocycles. The average Bonchev–Trinajstić information content (AvgIpc) is 2.67. The van der Waals surface area contributed by atoms with Gasteiger partial charge in [-0.3, -0.25) is 4.79 Å². The Hall–Kier alpha value is -1.09. The molecule has 0 aliphatic carbocycles. The standard InChI is InChI=1S/C16H18BrNO/c17-15-7-2-1-4-12(15)8-11-16(19)18-13-5-3-6-14(18)10-9-13/h1-5,7,13-14H,6,8-11H2. The molecule has 2 heterocycles. The highest BCUT2D eigenvalue weighted by Gasteiger charge is 2.36. The molecule has 1 aromatic carbocycles. The first-order valence-corrected chi connectivity index (χ1v) is 7.76. The van der Waals surface area contributed by atoms with Crippen LogP contribution in [0.4, 0.5) is 0 Å². The van der Waals surface area contributed by atoms with Crippen LogP contribution in [0, 0.1) is 0 Å². The smallest absolute Gasteiger partial charge is 0.223 e. The third-order valence-electron chi connectivity index (χ3n) is 4.17. The second-order valence-corrected chi connectivity index (χ2v) is 6.21. The Bertz CT molecular complexity index is 511. The van der Waals surface area contributed by atoms with E-state index in [-0.39, 0.29) is 0 Å². The highest BCUT2D eigenvalue weighted by atomic mass is 79.9. The Balaban J connectivity index is 1.63. The number of amides is 1. The van der Waals surface area contributed by atoms with E-state index in [1.807, 2.05) is 18.2 Å². The van der Waals surface area contributed by atoms with E-state index < -0.39 is 0 Å². The summed E-state index contributed by atoms with van der Waals surface area (Å²) in [7, 11) is 0. The van der Waals surface area contributed by atoms with Crippen LogP contribution in [0.3, 0.4) is 0 Å². The monoisotopic (exact) mass is 319 g/mol. The largest absolute Gasteiger partial charge is 0.333 e. The molecule has 1 aromatic rings. The predicted octanol–water partition coefficient (Wildman–Crippen LogP) is 3.70. The van der Waals surface area contributed by atoms with Crippen molar-refractivity contribution in [3.8, 4) is 0 Å². The van der Waals surface area contributed by atoms with Crippen LogP contribution in [0.5, 0.6) is 0 Å². The molecule has 1 fully saturated rings. The Morgan fingerprint density at radius 2 is 2.16 bits per heavy atom. The number of carbonyl (C=O) groups is 1. The Kier molecular flexibility index (Phi) is 3.74. The molecule has 3 heteroatoms. The number of hydrogen-bond donors (Lipinski definition) is 0. The van der Waals surface area contributed by atoms with Crippen LogP contribution < -0.4 is 0 Å². The van der Waals surface area contributed by atoms with Crippen molar-refractivity contribution in [3.05, 3.63) is 46.5 Å². The van der Waals surface area contributed by atoms with Crippen molar-refractivity contribution in [2.45, 2.75) is 44.2 Å². The summed E-state index contributed by atoms with van der Waals surface area (Å²) in [5, 5.41) is 0. The van der Waals surface area contributed by atoms with Crippen LogP contribution in [-0.4, -0.2) is 22.9 Å². The van der Waals surface area contributed by atoms with Gasteiger partial charge in [-0.2, -0.15) is 0 Å². The van der Waals surface area contributed by atoms with Gasteiger partial charge in [-0.25, -0.2) is 0 Å². The van der Waals surface area contributed by atoms with E-state index in [1.54, 1.807) is 0 Å². The van der Waals surface area contributed by atoms with Crippen molar-refractivity contribution in [2.24, 2.45) is 0 Å². The molecule has 1 saturated heterocycles. The van der Waals surface area contributed by atoms with Gasteiger partial charge in [0, 0.05) is 16.9 Å². The second-order valence-electron chi connectivity index (χ2n) is 5.35. The molecule has 1 amide bonds. The minimum Gasteiger partial charge on any atom is -0.333 e. The summed E-state index contributed by atoms with van der Waals surface area (Å²) in [4.78, 5) is 14.5. The first kappa shape index (κ1) is 12.9. The van der Waals surface area contributed by atoms with Crippen molar-refractivity contribution in [3.63, 3.8) is 0 Å². The fourth-order valence-electron chi connectivity index (χ4n) is 3.19. The minimum absolute atomic E-state index is 0.313. The number of fused-ring (bicyclic) bond motifs is 2. The van der Waals surface area contributed by atoms with Gasteiger partial charge < -0.3 is 4.90 Å². The lowest BCUT2D eigenvalue weighted by Gasteiger charge is -2.31. The Morgan fingerprint density at radius 1 is 1.32 bits per heavy atom. The van der Waals surface area contributed by atoms with Crippen LogP contribution in [0.2, 0.25) is 0 Å². The van der Waals surface area contributed by atoms with Gasteiger partial charge in [0.2, 0.25) is 5.91 Å². The number of rotatable bonds is 3. The average molecular weight is 320 g/mol. The fourth-order valence-corrected chi connectivity index (χ4v) is 3.67. The first-order valence-electron chi connectivity index (χ1n) is 6.97. The predicted molar refractivity (Wildman–Crippen MR) is 79.9 cm³/mol. The maximum absolute atomic E-state index is 12.4. The number of carbonyl (C=O) groups excluding carboxylic acids is 1. The summed E-state index contributed by atoms with van der Waals surface area (Å²) in [5.41, 5.74) is 1.22. The zero-order valence-corrected chi connectivity index (χ0v) is 12.5. The molecule has 0 spiro atoms. The molecule has 0 N–H and O–H groups in total. The van der Waals surface area contributed by atoms with Crippen molar-refractivity contribution < 1.29 is 4.79 Å². The van der Waals surface area contributed by atoms with Crippen molar-refractivity contribution >= 4 is 21.8 Å². The number of benzene rings is 1. The third-order valence-corrected chi connectivity index (χ3v) is 4.94. The van der Waals surface area contributed by atoms with Crippen LogP contribution >= 0.6 is 15.9 Å². The molecule has 100 valence electrons. The molecule has 2 aliphatic rings. The Morgan fingerprint density at radius 3 is 2.95 bits per heavy atom. The van der Waals surface area contributed by atoms with Crippen LogP contribution in [0.1, 0.15) is 31.2 Å². The summed E-state index contributed by atoms with van der Waals surface area (Å²) in [6, 6.07) is 8.98. The van der Waals surface area contributed by atoms with Gasteiger partial charge >= 0.3 is 0 Å². The second kappa shape index (κ2) is 5.49. The lowest BCUT2D eigenvalue weighted by Crippen LogP contribution is -2.42. The van der Waals surface area contributed by atoms with Gasteiger partial charge in [0.15, 0.2) is 0 Å². The van der Waals surface area contributed by atoms with Crippen LogP contribution in [-0.2, 0) is 11.2 Å². The first-order chi connectivity index (χ1) is 9.25. The van der Waals surface area contributed by atoms with Crippen molar-refractivity contribution in [1.29, 1.82) is 0 Å². The van der Waals surface area contributed by atoms with Crippen molar-refractivity contribution in [1.82, 2.24) is 4.90 Å². The van der Waals surface area contributed by atoms with E-state index in [0.29, 0.717) is 24.4 Å². The van der Waals surface area contributed by atoms with Gasteiger partial charge in [-0.05, 0) is 37.3 Å². The third kappa shape index (κ3) is 2.62. The fraction of sp³-hybridized carbons (Fsp3) is 0.438.